The summed E-state index contributed by atoms with van der Waals surface area (Å²) in [6.07, 6.45) is 9.11. The van der Waals surface area contributed by atoms with Crippen LogP contribution in [-0.2, 0) is 0 Å². The van der Waals surface area contributed by atoms with Crippen LogP contribution in [-0.4, -0.2) is 42.1 Å². The predicted molar refractivity (Wildman–Crippen MR) is 117 cm³/mol. The number of carbonyl (C=O) groups is 1. The predicted octanol–water partition coefficient (Wildman–Crippen LogP) is 6.02. The van der Waals surface area contributed by atoms with Gasteiger partial charge >= 0.3 is 0 Å². The van der Waals surface area contributed by atoms with Gasteiger partial charge in [-0.25, -0.2) is 4.98 Å². The van der Waals surface area contributed by atoms with Crippen molar-refractivity contribution in [2.45, 2.75) is 63.3 Å². The van der Waals surface area contributed by atoms with Gasteiger partial charge < -0.3 is 9.32 Å². The molecule has 2 rings (SSSR count). The number of unbranched alkanes of at least 4 members (excludes halogenated alkanes) is 5. The van der Waals surface area contributed by atoms with E-state index in [1.54, 1.807) is 23.9 Å². The van der Waals surface area contributed by atoms with Crippen LogP contribution in [0.25, 0.3) is 0 Å². The second kappa shape index (κ2) is 12.1. The molecule has 0 radical (unpaired) electrons. The van der Waals surface area contributed by atoms with Crippen LogP contribution in [0.15, 0.2) is 40.0 Å². The van der Waals surface area contributed by atoms with Crippen LogP contribution in [0, 0.1) is 0 Å². The Morgan fingerprint density at radius 2 is 1.79 bits per heavy atom. The summed E-state index contributed by atoms with van der Waals surface area (Å²) >= 11 is 1.70. The van der Waals surface area contributed by atoms with Gasteiger partial charge in [0.1, 0.15) is 5.03 Å². The standard InChI is InChI=1S/C23H34N2O2S/c1-18(2)20-14-13-19(22(26)21-12-11-16-27-21)23(24-20)28-17-10-8-6-5-7-9-15-25(3)4/h11-14,16,18H,5-10,15,17H2,1-4H3/i3-1. The number of hydrogen-bond donors (Lipinski definition) is 0. The first kappa shape index (κ1) is 22.7. The molecule has 4 nitrogen and oxygen atoms in total. The van der Waals surface area contributed by atoms with Crippen LogP contribution in [0.4, 0.5) is 0 Å². The van der Waals surface area contributed by atoms with Gasteiger partial charge in [-0.15, -0.1) is 11.8 Å². The molecule has 0 N–H and O–H groups in total. The molecular weight excluding hydrogens is 367 g/mol. The van der Waals surface area contributed by atoms with Crippen molar-refractivity contribution in [3.8, 4) is 0 Å². The number of pyridine rings is 1. The van der Waals surface area contributed by atoms with E-state index >= 15 is 0 Å². The van der Waals surface area contributed by atoms with Crippen LogP contribution >= 0.6 is 11.8 Å². The number of rotatable bonds is 13. The topological polar surface area (TPSA) is 46.3 Å². The largest absolute Gasteiger partial charge is 0.461 e. The van der Waals surface area contributed by atoms with Gasteiger partial charge in [0.25, 0.3) is 0 Å². The van der Waals surface area contributed by atoms with Crippen molar-refractivity contribution >= 4 is 17.5 Å². The molecule has 2 heterocycles. The van der Waals surface area contributed by atoms with Crippen molar-refractivity contribution < 1.29 is 9.21 Å². The van der Waals surface area contributed by atoms with Crippen molar-refractivity contribution in [2.75, 3.05) is 26.4 Å². The highest BCUT2D eigenvalue weighted by Gasteiger charge is 2.18. The molecule has 0 fully saturated rings. The Bertz CT molecular complexity index is 711. The minimum absolute atomic E-state index is 0.0869. The zero-order valence-corrected chi connectivity index (χ0v) is 18.6. The average Bonchev–Trinajstić information content (AvgIpc) is 3.20. The van der Waals surface area contributed by atoms with Crippen LogP contribution in [0.2, 0.25) is 0 Å². The fourth-order valence-electron chi connectivity index (χ4n) is 3.01. The molecule has 0 spiro atoms. The highest BCUT2D eigenvalue weighted by atomic mass is 32.2. The van der Waals surface area contributed by atoms with Gasteiger partial charge in [0, 0.05) is 5.69 Å². The van der Waals surface area contributed by atoms with Crippen molar-refractivity contribution in [3.63, 3.8) is 0 Å². The van der Waals surface area contributed by atoms with Crippen LogP contribution in [0.1, 0.15) is 80.1 Å². The molecule has 0 saturated carbocycles. The van der Waals surface area contributed by atoms with Crippen LogP contribution in [0.5, 0.6) is 0 Å². The lowest BCUT2D eigenvalue weighted by molar-refractivity contribution is 0.101. The molecule has 154 valence electrons. The van der Waals surface area contributed by atoms with Crippen molar-refractivity contribution in [3.05, 3.63) is 47.5 Å². The summed E-state index contributed by atoms with van der Waals surface area (Å²) in [5.74, 6) is 1.62. The third kappa shape index (κ3) is 7.44. The van der Waals surface area contributed by atoms with Gasteiger partial charge in [0.15, 0.2) is 5.76 Å². The first-order valence-corrected chi connectivity index (χ1v) is 11.3. The number of ketones is 1. The molecule has 0 aliphatic rings. The first-order valence-electron chi connectivity index (χ1n) is 10.4. The van der Waals surface area contributed by atoms with Crippen LogP contribution < -0.4 is 0 Å². The highest BCUT2D eigenvalue weighted by Crippen LogP contribution is 2.27. The summed E-state index contributed by atoms with van der Waals surface area (Å²) in [6, 6.07) is 7.32. The Morgan fingerprint density at radius 3 is 2.43 bits per heavy atom. The molecule has 5 heteroatoms. The van der Waals surface area contributed by atoms with E-state index in [9.17, 15) is 4.79 Å². The van der Waals surface area contributed by atoms with Gasteiger partial charge in [0.2, 0.25) is 5.78 Å². The summed E-state index contributed by atoms with van der Waals surface area (Å²) in [5, 5.41) is 0.832. The van der Waals surface area contributed by atoms with Gasteiger partial charge in [-0.1, -0.05) is 39.5 Å². The molecule has 28 heavy (non-hydrogen) atoms. The van der Waals surface area contributed by atoms with Crippen LogP contribution in [0.3, 0.4) is 0 Å². The number of nitrogens with zero attached hydrogens (tertiary/aromatic N) is 2. The molecule has 0 unspecified atom stereocenters. The molecule has 2 aromatic rings. The maximum absolute atomic E-state index is 12.7. The summed E-state index contributed by atoms with van der Waals surface area (Å²) in [4.78, 5) is 19.8. The normalized spacial score (nSPS) is 11.5. The Labute approximate surface area is 174 Å². The lowest BCUT2D eigenvalue weighted by Crippen LogP contribution is -2.12. The third-order valence-corrected chi connectivity index (χ3v) is 5.78. The molecular formula is C23H34N2O2S. The highest BCUT2D eigenvalue weighted by molar-refractivity contribution is 7.99. The van der Waals surface area contributed by atoms with E-state index in [4.69, 9.17) is 9.40 Å². The molecule has 0 bridgehead atoms. The fourth-order valence-corrected chi connectivity index (χ4v) is 4.03. The van der Waals surface area contributed by atoms with Gasteiger partial charge in [-0.3, -0.25) is 4.79 Å². The summed E-state index contributed by atoms with van der Waals surface area (Å²) < 4.78 is 5.30. The van der Waals surface area contributed by atoms with Crippen molar-refractivity contribution in [1.29, 1.82) is 0 Å². The molecule has 0 aromatic carbocycles. The lowest BCUT2D eigenvalue weighted by atomic mass is 10.1. The summed E-state index contributed by atoms with van der Waals surface area (Å²) in [5.41, 5.74) is 1.67. The van der Waals surface area contributed by atoms with E-state index in [1.807, 2.05) is 12.1 Å². The summed E-state index contributed by atoms with van der Waals surface area (Å²) in [6.45, 7) is 5.43. The molecule has 2 aromatic heterocycles. The second-order valence-corrected chi connectivity index (χ2v) is 8.91. The monoisotopic (exact) mass is 401 g/mol. The molecule has 0 saturated heterocycles. The van der Waals surface area contributed by atoms with Gasteiger partial charge in [-0.05, 0) is 69.4 Å². The Hall–Kier alpha value is -1.59. The van der Waals surface area contributed by atoms with Crippen molar-refractivity contribution in [2.24, 2.45) is 0 Å². The lowest BCUT2D eigenvalue weighted by Gasteiger charge is -2.11. The molecule has 0 atom stereocenters. The fraction of sp³-hybridized carbons (Fsp3) is 0.565. The number of aromatic nitrogens is 1. The second-order valence-electron chi connectivity index (χ2n) is 7.82. The SMILES string of the molecule is CC(C)c1ccc(C(=O)c2ccco2)c(SCCCCCCCCN(C)[11CH3])n1. The molecule has 0 aliphatic carbocycles. The van der Waals surface area contributed by atoms with E-state index in [2.05, 4.69) is 32.8 Å². The van der Waals surface area contributed by atoms with E-state index in [-0.39, 0.29) is 5.78 Å². The minimum atomic E-state index is -0.0869. The number of hydrogen-bond acceptors (Lipinski definition) is 5. The zero-order chi connectivity index (χ0) is 20.4. The van der Waals surface area contributed by atoms with Gasteiger partial charge in [0.05, 0.1) is 11.8 Å². The van der Waals surface area contributed by atoms with E-state index < -0.39 is 0 Å². The van der Waals surface area contributed by atoms with E-state index in [0.29, 0.717) is 17.2 Å². The van der Waals surface area contributed by atoms with E-state index in [0.717, 1.165) is 22.9 Å². The Kier molecular flexibility index (Phi) is 9.79. The molecule has 0 amide bonds. The maximum Gasteiger partial charge on any atom is 0.230 e. The third-order valence-electron chi connectivity index (χ3n) is 4.70. The quantitative estimate of drug-likeness (QED) is 0.233. The maximum atomic E-state index is 12.7. The number of thioether (sulfide) groups is 1. The number of carbonyl (C=O) groups excluding carboxylic acids is 1. The van der Waals surface area contributed by atoms with Crippen molar-refractivity contribution in [1.82, 2.24) is 9.88 Å². The minimum Gasteiger partial charge on any atom is -0.461 e. The summed E-state index contributed by atoms with van der Waals surface area (Å²) in [7, 11) is 4.26. The van der Waals surface area contributed by atoms with E-state index in [1.165, 1.54) is 44.9 Å². The smallest absolute Gasteiger partial charge is 0.230 e. The molecule has 0 aliphatic heterocycles. The van der Waals surface area contributed by atoms with Gasteiger partial charge in [-0.2, -0.15) is 0 Å². The Morgan fingerprint density at radius 1 is 1.07 bits per heavy atom. The first-order chi connectivity index (χ1) is 13.5. The average molecular weight is 402 g/mol. The Balaban J connectivity index is 1.85. The number of furan rings is 1. The zero-order valence-electron chi connectivity index (χ0n) is 17.7.